The number of aryl methyl sites for hydroxylation is 1. The maximum absolute atomic E-state index is 10.3. The fraction of sp³-hybridized carbons (Fsp3) is 0.462. The highest BCUT2D eigenvalue weighted by Gasteiger charge is 2.00. The second-order valence-electron chi connectivity index (χ2n) is 4.09. The van der Waals surface area contributed by atoms with E-state index in [1.165, 1.54) is 22.9 Å². The Morgan fingerprint density at radius 2 is 1.94 bits per heavy atom. The van der Waals surface area contributed by atoms with Crippen molar-refractivity contribution in [2.24, 2.45) is 0 Å². The summed E-state index contributed by atoms with van der Waals surface area (Å²) in [5.74, 6) is 0.896. The van der Waals surface area contributed by atoms with E-state index in [0.717, 1.165) is 12.2 Å². The summed E-state index contributed by atoms with van der Waals surface area (Å²) in [5.41, 5.74) is 2.63. The molecule has 0 bridgehead atoms. The molecule has 0 saturated heterocycles. The number of hydrogen-bond donors (Lipinski definition) is 1. The van der Waals surface area contributed by atoms with Gasteiger partial charge in [-0.2, -0.15) is 0 Å². The third-order valence-electron chi connectivity index (χ3n) is 2.41. The predicted octanol–water partition coefficient (Wildman–Crippen LogP) is 3.17. The molecule has 2 nitrogen and oxygen atoms in total. The molecular weight excluding hydrogens is 220 g/mol. The molecule has 88 valence electrons. The molecule has 0 amide bonds. The molecule has 0 fully saturated rings. The molecule has 0 heterocycles. The standard InChI is InChI=1S/C13H18O2S/c1-10(2)12-5-3-11(4-6-12)7-8-16-9-13(14)15/h3-6,10H,7-9H2,1-2H3,(H,14,15). The summed E-state index contributed by atoms with van der Waals surface area (Å²) in [7, 11) is 0. The lowest BCUT2D eigenvalue weighted by Crippen LogP contribution is -2.00. The highest BCUT2D eigenvalue weighted by atomic mass is 32.2. The molecule has 0 aliphatic rings. The molecule has 1 N–H and O–H groups in total. The molecule has 0 spiro atoms. The summed E-state index contributed by atoms with van der Waals surface area (Å²) in [5, 5.41) is 8.49. The van der Waals surface area contributed by atoms with Crippen LogP contribution >= 0.6 is 11.8 Å². The van der Waals surface area contributed by atoms with Crippen molar-refractivity contribution < 1.29 is 9.90 Å². The molecule has 0 aliphatic carbocycles. The first-order valence-corrected chi connectivity index (χ1v) is 6.63. The van der Waals surface area contributed by atoms with Gasteiger partial charge in [-0.25, -0.2) is 0 Å². The van der Waals surface area contributed by atoms with Crippen LogP contribution in [0.4, 0.5) is 0 Å². The Labute approximate surface area is 101 Å². The zero-order valence-electron chi connectivity index (χ0n) is 9.77. The van der Waals surface area contributed by atoms with E-state index in [1.807, 2.05) is 0 Å². The Morgan fingerprint density at radius 1 is 1.31 bits per heavy atom. The molecule has 16 heavy (non-hydrogen) atoms. The Morgan fingerprint density at radius 3 is 2.44 bits per heavy atom. The van der Waals surface area contributed by atoms with Crippen LogP contribution in [-0.4, -0.2) is 22.6 Å². The quantitative estimate of drug-likeness (QED) is 0.773. The molecule has 1 rings (SSSR count). The van der Waals surface area contributed by atoms with Gasteiger partial charge < -0.3 is 5.11 Å². The average Bonchev–Trinajstić information content (AvgIpc) is 2.25. The first kappa shape index (κ1) is 13.1. The van der Waals surface area contributed by atoms with Crippen LogP contribution < -0.4 is 0 Å². The first-order chi connectivity index (χ1) is 7.59. The highest BCUT2D eigenvalue weighted by molar-refractivity contribution is 7.99. The highest BCUT2D eigenvalue weighted by Crippen LogP contribution is 2.15. The minimum atomic E-state index is -0.736. The van der Waals surface area contributed by atoms with Crippen LogP contribution in [-0.2, 0) is 11.2 Å². The van der Waals surface area contributed by atoms with E-state index in [2.05, 4.69) is 38.1 Å². The fourth-order valence-electron chi connectivity index (χ4n) is 1.42. The second-order valence-corrected chi connectivity index (χ2v) is 5.20. The summed E-state index contributed by atoms with van der Waals surface area (Å²) in [6.45, 7) is 4.36. The zero-order chi connectivity index (χ0) is 12.0. The number of thioether (sulfide) groups is 1. The lowest BCUT2D eigenvalue weighted by molar-refractivity contribution is -0.133. The summed E-state index contributed by atoms with van der Waals surface area (Å²) < 4.78 is 0. The van der Waals surface area contributed by atoms with Gasteiger partial charge in [0.15, 0.2) is 0 Å². The van der Waals surface area contributed by atoms with Gasteiger partial charge in [0, 0.05) is 0 Å². The van der Waals surface area contributed by atoms with Gasteiger partial charge in [-0.3, -0.25) is 4.79 Å². The van der Waals surface area contributed by atoms with Crippen molar-refractivity contribution in [3.8, 4) is 0 Å². The van der Waals surface area contributed by atoms with Gasteiger partial charge in [-0.1, -0.05) is 38.1 Å². The third-order valence-corrected chi connectivity index (χ3v) is 3.35. The molecular formula is C13H18O2S. The minimum absolute atomic E-state index is 0.198. The van der Waals surface area contributed by atoms with E-state index in [1.54, 1.807) is 0 Å². The average molecular weight is 238 g/mol. The van der Waals surface area contributed by atoms with Crippen LogP contribution in [0, 0.1) is 0 Å². The number of carbonyl (C=O) groups is 1. The van der Waals surface area contributed by atoms with Crippen LogP contribution in [0.1, 0.15) is 30.9 Å². The lowest BCUT2D eigenvalue weighted by Gasteiger charge is -2.06. The van der Waals surface area contributed by atoms with E-state index < -0.39 is 5.97 Å². The van der Waals surface area contributed by atoms with Crippen molar-refractivity contribution in [3.63, 3.8) is 0 Å². The Balaban J connectivity index is 2.35. The number of hydrogen-bond acceptors (Lipinski definition) is 2. The summed E-state index contributed by atoms with van der Waals surface area (Å²) >= 11 is 1.47. The Bertz CT molecular complexity index is 330. The van der Waals surface area contributed by atoms with Crippen LogP contribution in [0.15, 0.2) is 24.3 Å². The van der Waals surface area contributed by atoms with E-state index in [9.17, 15) is 4.79 Å². The maximum atomic E-state index is 10.3. The van der Waals surface area contributed by atoms with Gasteiger partial charge in [0.05, 0.1) is 5.75 Å². The van der Waals surface area contributed by atoms with Crippen molar-refractivity contribution in [2.45, 2.75) is 26.2 Å². The van der Waals surface area contributed by atoms with Crippen LogP contribution in [0.3, 0.4) is 0 Å². The summed E-state index contributed by atoms with van der Waals surface area (Å²) in [6.07, 6.45) is 0.941. The third kappa shape index (κ3) is 4.71. The monoisotopic (exact) mass is 238 g/mol. The number of rotatable bonds is 6. The number of benzene rings is 1. The summed E-state index contributed by atoms with van der Waals surface area (Å²) in [6, 6.07) is 8.58. The van der Waals surface area contributed by atoms with Crippen LogP contribution in [0.25, 0.3) is 0 Å². The van der Waals surface area contributed by atoms with Gasteiger partial charge in [0.25, 0.3) is 0 Å². The SMILES string of the molecule is CC(C)c1ccc(CCSCC(=O)O)cc1. The van der Waals surface area contributed by atoms with Crippen molar-refractivity contribution >= 4 is 17.7 Å². The maximum Gasteiger partial charge on any atom is 0.313 e. The molecule has 1 aromatic rings. The molecule has 0 saturated carbocycles. The molecule has 0 unspecified atom stereocenters. The van der Waals surface area contributed by atoms with Crippen molar-refractivity contribution in [1.29, 1.82) is 0 Å². The van der Waals surface area contributed by atoms with Gasteiger partial charge in [-0.15, -0.1) is 11.8 Å². The normalized spacial score (nSPS) is 10.7. The van der Waals surface area contributed by atoms with Crippen molar-refractivity contribution in [1.82, 2.24) is 0 Å². The molecule has 3 heteroatoms. The number of carboxylic acids is 1. The van der Waals surface area contributed by atoms with E-state index in [4.69, 9.17) is 5.11 Å². The van der Waals surface area contributed by atoms with Crippen LogP contribution in [0.2, 0.25) is 0 Å². The van der Waals surface area contributed by atoms with Crippen molar-refractivity contribution in [2.75, 3.05) is 11.5 Å². The topological polar surface area (TPSA) is 37.3 Å². The number of carboxylic acid groups (broad SMARTS) is 1. The Hall–Kier alpha value is -0.960. The molecule has 0 atom stereocenters. The fourth-order valence-corrected chi connectivity index (χ4v) is 2.12. The molecule has 1 aromatic carbocycles. The van der Waals surface area contributed by atoms with Gasteiger partial charge in [0.2, 0.25) is 0 Å². The van der Waals surface area contributed by atoms with Gasteiger partial charge in [0.1, 0.15) is 0 Å². The van der Waals surface area contributed by atoms with E-state index in [0.29, 0.717) is 5.92 Å². The number of aliphatic carboxylic acids is 1. The van der Waals surface area contributed by atoms with E-state index >= 15 is 0 Å². The predicted molar refractivity (Wildman–Crippen MR) is 69.2 cm³/mol. The molecule has 0 aromatic heterocycles. The smallest absolute Gasteiger partial charge is 0.313 e. The zero-order valence-corrected chi connectivity index (χ0v) is 10.6. The largest absolute Gasteiger partial charge is 0.481 e. The first-order valence-electron chi connectivity index (χ1n) is 5.48. The van der Waals surface area contributed by atoms with E-state index in [-0.39, 0.29) is 5.75 Å². The lowest BCUT2D eigenvalue weighted by atomic mass is 10.0. The molecule has 0 radical (unpaired) electrons. The van der Waals surface area contributed by atoms with Gasteiger partial charge >= 0.3 is 5.97 Å². The second kappa shape index (κ2) is 6.59. The van der Waals surface area contributed by atoms with Gasteiger partial charge in [-0.05, 0) is 29.2 Å². The van der Waals surface area contributed by atoms with Crippen molar-refractivity contribution in [3.05, 3.63) is 35.4 Å². The Kier molecular flexibility index (Phi) is 5.39. The summed E-state index contributed by atoms with van der Waals surface area (Å²) in [4.78, 5) is 10.3. The molecule has 0 aliphatic heterocycles. The minimum Gasteiger partial charge on any atom is -0.481 e. The van der Waals surface area contributed by atoms with Crippen LogP contribution in [0.5, 0.6) is 0 Å².